The minimum absolute atomic E-state index is 0.121. The maximum Gasteiger partial charge on any atom is 0.261 e. The lowest BCUT2D eigenvalue weighted by atomic mass is 9.82. The Morgan fingerprint density at radius 1 is 1.25 bits per heavy atom. The van der Waals surface area contributed by atoms with Crippen LogP contribution in [0.1, 0.15) is 37.9 Å². The lowest BCUT2D eigenvalue weighted by Crippen LogP contribution is -2.39. The van der Waals surface area contributed by atoms with E-state index in [0.29, 0.717) is 10.8 Å². The van der Waals surface area contributed by atoms with Gasteiger partial charge in [0.2, 0.25) is 0 Å². The lowest BCUT2D eigenvalue weighted by molar-refractivity contribution is 0.275. The zero-order chi connectivity index (χ0) is 14.2. The molecular weight excluding hydrogens is 281 g/mol. The van der Waals surface area contributed by atoms with Gasteiger partial charge in [-0.15, -0.1) is 0 Å². The highest BCUT2D eigenvalue weighted by Gasteiger charge is 2.34. The normalized spacial score (nSPS) is 18.1. The van der Waals surface area contributed by atoms with Crippen molar-refractivity contribution < 1.29 is 8.91 Å². The fraction of sp³-hybridized carbons (Fsp3) is 0.429. The van der Waals surface area contributed by atoms with Crippen LogP contribution in [0.2, 0.25) is 5.02 Å². The lowest BCUT2D eigenvalue weighted by Gasteiger charge is -2.29. The quantitative estimate of drug-likeness (QED) is 0.918. The summed E-state index contributed by atoms with van der Waals surface area (Å²) in [6.45, 7) is 0. The Morgan fingerprint density at radius 2 is 2.00 bits per heavy atom. The number of hydrogen-bond acceptors (Lipinski definition) is 4. The Hall–Kier alpha value is -1.46. The molecule has 0 unspecified atom stereocenters. The number of rotatable bonds is 2. The molecular formula is C14H15ClFN3O. The molecule has 1 fully saturated rings. The highest BCUT2D eigenvalue weighted by Crippen LogP contribution is 2.34. The van der Waals surface area contributed by atoms with Crippen molar-refractivity contribution in [3.63, 3.8) is 0 Å². The first-order valence-electron chi connectivity index (χ1n) is 6.67. The number of hydrogen-bond donors (Lipinski definition) is 1. The second-order valence-electron chi connectivity index (χ2n) is 5.26. The standard InChI is InChI=1S/C14H15ClFN3O/c15-9-4-5-11(16)10(8-9)12-18-13(19-20-12)14(17)6-2-1-3-7-14/h4-5,8H,1-3,6-7,17H2. The SMILES string of the molecule is NC1(c2noc(-c3cc(Cl)ccc3F)n2)CCCCC1. The van der Waals surface area contributed by atoms with E-state index in [1.54, 1.807) is 0 Å². The van der Waals surface area contributed by atoms with Gasteiger partial charge in [-0.3, -0.25) is 0 Å². The summed E-state index contributed by atoms with van der Waals surface area (Å²) in [6.07, 6.45) is 4.92. The molecule has 0 bridgehead atoms. The van der Waals surface area contributed by atoms with Crippen molar-refractivity contribution in [1.82, 2.24) is 10.1 Å². The van der Waals surface area contributed by atoms with E-state index in [1.165, 1.54) is 24.6 Å². The first-order valence-corrected chi connectivity index (χ1v) is 7.05. The van der Waals surface area contributed by atoms with Crippen LogP contribution in [-0.2, 0) is 5.54 Å². The highest BCUT2D eigenvalue weighted by molar-refractivity contribution is 6.30. The van der Waals surface area contributed by atoms with Gasteiger partial charge in [-0.1, -0.05) is 36.0 Å². The third-order valence-electron chi connectivity index (χ3n) is 3.78. The minimum Gasteiger partial charge on any atom is -0.334 e. The second kappa shape index (κ2) is 5.14. The molecule has 1 aromatic heterocycles. The van der Waals surface area contributed by atoms with Crippen molar-refractivity contribution in [3.8, 4) is 11.5 Å². The molecule has 4 nitrogen and oxygen atoms in total. The van der Waals surface area contributed by atoms with Crippen LogP contribution in [0, 0.1) is 5.82 Å². The molecule has 106 valence electrons. The number of nitrogens with two attached hydrogens (primary N) is 1. The van der Waals surface area contributed by atoms with E-state index >= 15 is 0 Å². The Bertz CT molecular complexity index is 623. The molecule has 0 radical (unpaired) electrons. The molecule has 1 aliphatic carbocycles. The van der Waals surface area contributed by atoms with Gasteiger partial charge in [0.25, 0.3) is 5.89 Å². The van der Waals surface area contributed by atoms with Crippen LogP contribution >= 0.6 is 11.6 Å². The summed E-state index contributed by atoms with van der Waals surface area (Å²) >= 11 is 5.87. The van der Waals surface area contributed by atoms with E-state index in [9.17, 15) is 4.39 Å². The molecule has 20 heavy (non-hydrogen) atoms. The van der Waals surface area contributed by atoms with E-state index in [4.69, 9.17) is 21.9 Å². The third-order valence-corrected chi connectivity index (χ3v) is 4.01. The van der Waals surface area contributed by atoms with Crippen molar-refractivity contribution in [1.29, 1.82) is 0 Å². The van der Waals surface area contributed by atoms with Gasteiger partial charge in [-0.2, -0.15) is 4.98 Å². The van der Waals surface area contributed by atoms with Crippen LogP contribution in [0.3, 0.4) is 0 Å². The van der Waals surface area contributed by atoms with Crippen molar-refractivity contribution >= 4 is 11.6 Å². The van der Waals surface area contributed by atoms with E-state index < -0.39 is 11.4 Å². The molecule has 1 heterocycles. The van der Waals surface area contributed by atoms with Crippen LogP contribution < -0.4 is 5.73 Å². The Morgan fingerprint density at radius 3 is 2.75 bits per heavy atom. The van der Waals surface area contributed by atoms with Crippen molar-refractivity contribution in [2.45, 2.75) is 37.6 Å². The fourth-order valence-electron chi connectivity index (χ4n) is 2.60. The second-order valence-corrected chi connectivity index (χ2v) is 5.70. The fourth-order valence-corrected chi connectivity index (χ4v) is 2.77. The van der Waals surface area contributed by atoms with Gasteiger partial charge in [-0.25, -0.2) is 4.39 Å². The minimum atomic E-state index is -0.560. The monoisotopic (exact) mass is 295 g/mol. The first kappa shape index (κ1) is 13.5. The van der Waals surface area contributed by atoms with E-state index in [1.807, 2.05) is 0 Å². The number of nitrogens with zero attached hydrogens (tertiary/aromatic N) is 2. The van der Waals surface area contributed by atoms with E-state index in [0.717, 1.165) is 25.7 Å². The van der Waals surface area contributed by atoms with Gasteiger partial charge >= 0.3 is 0 Å². The molecule has 0 atom stereocenters. The van der Waals surface area contributed by atoms with Crippen LogP contribution in [0.15, 0.2) is 22.7 Å². The molecule has 0 amide bonds. The topological polar surface area (TPSA) is 64.9 Å². The third kappa shape index (κ3) is 2.43. The Labute approximate surface area is 121 Å². The van der Waals surface area contributed by atoms with E-state index in [2.05, 4.69) is 10.1 Å². The predicted octanol–water partition coefficient (Wildman–Crippen LogP) is 3.65. The molecule has 0 spiro atoms. The summed E-state index contributed by atoms with van der Waals surface area (Å²) < 4.78 is 18.9. The highest BCUT2D eigenvalue weighted by atomic mass is 35.5. The molecule has 2 N–H and O–H groups in total. The van der Waals surface area contributed by atoms with E-state index in [-0.39, 0.29) is 11.5 Å². The molecule has 0 saturated heterocycles. The molecule has 2 aromatic rings. The Balaban J connectivity index is 1.95. The molecule has 1 saturated carbocycles. The summed E-state index contributed by atoms with van der Waals surface area (Å²) in [5.74, 6) is 0.126. The maximum atomic E-state index is 13.8. The summed E-state index contributed by atoms with van der Waals surface area (Å²) in [6, 6.07) is 4.22. The first-order chi connectivity index (χ1) is 9.58. The predicted molar refractivity (Wildman–Crippen MR) is 73.7 cm³/mol. The summed E-state index contributed by atoms with van der Waals surface area (Å²) in [5.41, 5.74) is 5.98. The summed E-state index contributed by atoms with van der Waals surface area (Å²) in [5, 5.41) is 4.36. The zero-order valence-corrected chi connectivity index (χ0v) is 11.7. The molecule has 6 heteroatoms. The van der Waals surface area contributed by atoms with Crippen molar-refractivity contribution in [2.75, 3.05) is 0 Å². The van der Waals surface area contributed by atoms with Crippen LogP contribution in [0.4, 0.5) is 4.39 Å². The number of halogens is 2. The smallest absolute Gasteiger partial charge is 0.261 e. The number of aromatic nitrogens is 2. The van der Waals surface area contributed by atoms with Gasteiger partial charge < -0.3 is 10.3 Å². The average Bonchev–Trinajstić information content (AvgIpc) is 2.93. The van der Waals surface area contributed by atoms with Crippen LogP contribution in [0.5, 0.6) is 0 Å². The maximum absolute atomic E-state index is 13.8. The van der Waals surface area contributed by atoms with Crippen molar-refractivity contribution in [3.05, 3.63) is 34.9 Å². The van der Waals surface area contributed by atoms with Gasteiger partial charge in [0, 0.05) is 5.02 Å². The summed E-state index contributed by atoms with van der Waals surface area (Å²) in [7, 11) is 0. The van der Waals surface area contributed by atoms with Crippen LogP contribution in [-0.4, -0.2) is 10.1 Å². The van der Waals surface area contributed by atoms with Gasteiger partial charge in [0.1, 0.15) is 5.82 Å². The summed E-state index contributed by atoms with van der Waals surface area (Å²) in [4.78, 5) is 4.28. The molecule has 3 rings (SSSR count). The average molecular weight is 296 g/mol. The largest absolute Gasteiger partial charge is 0.334 e. The molecule has 0 aliphatic heterocycles. The number of benzene rings is 1. The van der Waals surface area contributed by atoms with Crippen molar-refractivity contribution in [2.24, 2.45) is 5.73 Å². The van der Waals surface area contributed by atoms with Crippen LogP contribution in [0.25, 0.3) is 11.5 Å². The van der Waals surface area contributed by atoms with Gasteiger partial charge in [0.15, 0.2) is 5.82 Å². The zero-order valence-electron chi connectivity index (χ0n) is 10.9. The molecule has 1 aromatic carbocycles. The van der Waals surface area contributed by atoms with Gasteiger partial charge in [-0.05, 0) is 31.0 Å². The molecule has 1 aliphatic rings. The van der Waals surface area contributed by atoms with Gasteiger partial charge in [0.05, 0.1) is 11.1 Å². The Kier molecular flexibility index (Phi) is 3.48.